The Labute approximate surface area is 96.4 Å². The molecule has 0 unspecified atom stereocenters. The van der Waals surface area contributed by atoms with E-state index in [1.165, 1.54) is 25.1 Å². The molecule has 2 N–H and O–H groups in total. The molecule has 0 fully saturated rings. The number of halogens is 1. The van der Waals surface area contributed by atoms with E-state index >= 15 is 0 Å². The molecule has 0 saturated heterocycles. The van der Waals surface area contributed by atoms with Crippen LogP contribution in [-0.2, 0) is 0 Å². The summed E-state index contributed by atoms with van der Waals surface area (Å²) in [5.74, 6) is 0.924. The van der Waals surface area contributed by atoms with Gasteiger partial charge in [-0.25, -0.2) is 0 Å². The third-order valence-electron chi connectivity index (χ3n) is 2.05. The second kappa shape index (κ2) is 7.83. The first kappa shape index (κ1) is 13.5. The van der Waals surface area contributed by atoms with Crippen molar-refractivity contribution < 1.29 is 27.0 Å². The molecular weight excluding hydrogens is 242 g/mol. The quantitative estimate of drug-likeness (QED) is 0.516. The molecule has 80 valence electrons. The molecule has 3 heteroatoms. The monoisotopic (exact) mass is 259 g/mol. The number of methoxy groups -OCH3 is 1. The lowest BCUT2D eigenvalue weighted by molar-refractivity contribution is -0.571. The van der Waals surface area contributed by atoms with Gasteiger partial charge in [-0.3, -0.25) is 0 Å². The van der Waals surface area contributed by atoms with Crippen molar-refractivity contribution in [3.8, 4) is 5.75 Å². The Hall–Kier alpha value is -0.540. The van der Waals surface area contributed by atoms with Crippen molar-refractivity contribution in [1.82, 2.24) is 0 Å². The number of benzene rings is 1. The van der Waals surface area contributed by atoms with E-state index < -0.39 is 0 Å². The Morgan fingerprint density at radius 2 is 1.86 bits per heavy atom. The molecule has 14 heavy (non-hydrogen) atoms. The number of rotatable bonds is 5. The summed E-state index contributed by atoms with van der Waals surface area (Å²) in [6, 6.07) is 8.18. The van der Waals surface area contributed by atoms with Crippen molar-refractivity contribution in [3.63, 3.8) is 0 Å². The molecule has 0 aliphatic rings. The number of hydrogen-bond acceptors (Lipinski definition) is 1. The van der Waals surface area contributed by atoms with Gasteiger partial charge in [0.2, 0.25) is 0 Å². The molecule has 1 rings (SSSR count). The average molecular weight is 260 g/mol. The minimum absolute atomic E-state index is 0. The van der Waals surface area contributed by atoms with Crippen molar-refractivity contribution >= 4 is 5.69 Å². The van der Waals surface area contributed by atoms with E-state index in [9.17, 15) is 0 Å². The molecule has 0 aliphatic heterocycles. The maximum atomic E-state index is 5.08. The van der Waals surface area contributed by atoms with E-state index in [1.807, 2.05) is 12.1 Å². The van der Waals surface area contributed by atoms with Crippen LogP contribution in [0.2, 0.25) is 0 Å². The maximum absolute atomic E-state index is 5.08. The van der Waals surface area contributed by atoms with Crippen molar-refractivity contribution in [3.05, 3.63) is 24.3 Å². The number of hydrogen-bond donors (Lipinski definition) is 1. The Morgan fingerprint density at radius 3 is 2.36 bits per heavy atom. The SMILES string of the molecule is CCCC[NH2+]c1ccc(OC)cc1.[Br-]. The van der Waals surface area contributed by atoms with Crippen LogP contribution in [0.3, 0.4) is 0 Å². The average Bonchev–Trinajstić information content (AvgIpc) is 2.19. The standard InChI is InChI=1S/C11H17NO.BrH/c1-3-4-9-12-10-5-7-11(13-2)8-6-10;/h5-8,12H,3-4,9H2,1-2H3;1H. The number of ether oxygens (including phenoxy) is 1. The molecule has 0 aromatic heterocycles. The van der Waals surface area contributed by atoms with E-state index in [1.54, 1.807) is 7.11 Å². The molecule has 0 aliphatic carbocycles. The van der Waals surface area contributed by atoms with Crippen LogP contribution >= 0.6 is 0 Å². The third kappa shape index (κ3) is 4.63. The van der Waals surface area contributed by atoms with Crippen LogP contribution in [0, 0.1) is 0 Å². The number of unbranched alkanes of at least 4 members (excludes halogenated alkanes) is 1. The second-order valence-electron chi connectivity index (χ2n) is 3.12. The fraction of sp³-hybridized carbons (Fsp3) is 0.455. The minimum atomic E-state index is 0. The van der Waals surface area contributed by atoms with Crippen LogP contribution in [0.15, 0.2) is 24.3 Å². The van der Waals surface area contributed by atoms with Crippen LogP contribution < -0.4 is 27.0 Å². The minimum Gasteiger partial charge on any atom is -1.00 e. The van der Waals surface area contributed by atoms with Gasteiger partial charge < -0.3 is 27.0 Å². The van der Waals surface area contributed by atoms with Crippen LogP contribution in [-0.4, -0.2) is 13.7 Å². The normalized spacial score (nSPS) is 9.29. The first-order valence-corrected chi connectivity index (χ1v) is 4.84. The van der Waals surface area contributed by atoms with Crippen LogP contribution in [0.1, 0.15) is 19.8 Å². The lowest BCUT2D eigenvalue weighted by Crippen LogP contribution is -3.00. The van der Waals surface area contributed by atoms with Gasteiger partial charge in [-0.05, 0) is 18.6 Å². The molecule has 0 heterocycles. The first-order valence-electron chi connectivity index (χ1n) is 4.84. The maximum Gasteiger partial charge on any atom is 0.129 e. The third-order valence-corrected chi connectivity index (χ3v) is 2.05. The van der Waals surface area contributed by atoms with E-state index in [-0.39, 0.29) is 17.0 Å². The highest BCUT2D eigenvalue weighted by Crippen LogP contribution is 2.11. The highest BCUT2D eigenvalue weighted by Gasteiger charge is 1.96. The van der Waals surface area contributed by atoms with Gasteiger partial charge in [0.15, 0.2) is 0 Å². The van der Waals surface area contributed by atoms with Crippen molar-refractivity contribution in [2.45, 2.75) is 19.8 Å². The van der Waals surface area contributed by atoms with Crippen molar-refractivity contribution in [1.29, 1.82) is 0 Å². The molecule has 0 radical (unpaired) electrons. The van der Waals surface area contributed by atoms with E-state index in [0.29, 0.717) is 0 Å². The van der Waals surface area contributed by atoms with Crippen molar-refractivity contribution in [2.24, 2.45) is 0 Å². The first-order chi connectivity index (χ1) is 6.36. The lowest BCUT2D eigenvalue weighted by Gasteiger charge is -2.01. The molecular formula is C11H18BrNO. The van der Waals surface area contributed by atoms with Gasteiger partial charge in [0.1, 0.15) is 11.4 Å². The molecule has 0 bridgehead atoms. The largest absolute Gasteiger partial charge is 1.00 e. The predicted molar refractivity (Wildman–Crippen MR) is 54.4 cm³/mol. The van der Waals surface area contributed by atoms with E-state index in [0.717, 1.165) is 5.75 Å². The molecule has 1 aromatic carbocycles. The number of quaternary nitrogens is 1. The topological polar surface area (TPSA) is 25.8 Å². The van der Waals surface area contributed by atoms with Gasteiger partial charge in [0.05, 0.1) is 13.7 Å². The summed E-state index contributed by atoms with van der Waals surface area (Å²) in [4.78, 5) is 0. The Balaban J connectivity index is 0.00000169. The van der Waals surface area contributed by atoms with Gasteiger partial charge in [0, 0.05) is 12.1 Å². The Kier molecular flexibility index (Phi) is 7.52. The molecule has 0 spiro atoms. The molecule has 1 aromatic rings. The molecule has 0 amide bonds. The smallest absolute Gasteiger partial charge is 0.129 e. The summed E-state index contributed by atoms with van der Waals surface area (Å²) < 4.78 is 5.08. The summed E-state index contributed by atoms with van der Waals surface area (Å²) in [6.07, 6.45) is 2.53. The lowest BCUT2D eigenvalue weighted by atomic mass is 10.3. The summed E-state index contributed by atoms with van der Waals surface area (Å²) >= 11 is 0. The van der Waals surface area contributed by atoms with E-state index in [4.69, 9.17) is 4.74 Å². The predicted octanol–water partition coefficient (Wildman–Crippen LogP) is -1.31. The highest BCUT2D eigenvalue weighted by molar-refractivity contribution is 5.34. The highest BCUT2D eigenvalue weighted by atomic mass is 79.9. The van der Waals surface area contributed by atoms with Gasteiger partial charge in [-0.1, -0.05) is 13.3 Å². The summed E-state index contributed by atoms with van der Waals surface area (Å²) in [5, 5.41) is 2.27. The summed E-state index contributed by atoms with van der Waals surface area (Å²) in [5.41, 5.74) is 1.29. The zero-order valence-electron chi connectivity index (χ0n) is 8.79. The molecule has 2 nitrogen and oxygen atoms in total. The summed E-state index contributed by atoms with van der Waals surface area (Å²) in [6.45, 7) is 3.38. The second-order valence-corrected chi connectivity index (χ2v) is 3.12. The van der Waals surface area contributed by atoms with E-state index in [2.05, 4.69) is 24.4 Å². The van der Waals surface area contributed by atoms with Crippen LogP contribution in [0.5, 0.6) is 5.75 Å². The van der Waals surface area contributed by atoms with Crippen molar-refractivity contribution in [2.75, 3.05) is 13.7 Å². The van der Waals surface area contributed by atoms with Gasteiger partial charge >= 0.3 is 0 Å². The fourth-order valence-corrected chi connectivity index (χ4v) is 1.21. The van der Waals surface area contributed by atoms with Gasteiger partial charge in [-0.2, -0.15) is 0 Å². The van der Waals surface area contributed by atoms with Crippen LogP contribution in [0.25, 0.3) is 0 Å². The van der Waals surface area contributed by atoms with Crippen LogP contribution in [0.4, 0.5) is 5.69 Å². The molecule has 0 atom stereocenters. The van der Waals surface area contributed by atoms with Gasteiger partial charge in [0.25, 0.3) is 0 Å². The molecule has 0 saturated carbocycles. The summed E-state index contributed by atoms with van der Waals surface area (Å²) in [7, 11) is 1.69. The number of nitrogens with two attached hydrogens (primary N) is 1. The fourth-order valence-electron chi connectivity index (χ4n) is 1.21. The zero-order valence-corrected chi connectivity index (χ0v) is 10.4. The Morgan fingerprint density at radius 1 is 1.21 bits per heavy atom. The zero-order chi connectivity index (χ0) is 9.52. The van der Waals surface area contributed by atoms with Gasteiger partial charge in [-0.15, -0.1) is 0 Å². The Bertz CT molecular complexity index is 236.